The molecule has 84 valence electrons. The van der Waals surface area contributed by atoms with Crippen molar-refractivity contribution in [2.75, 3.05) is 13.6 Å². The molecule has 1 unspecified atom stereocenters. The van der Waals surface area contributed by atoms with Crippen LogP contribution >= 0.6 is 0 Å². The fraction of sp³-hybridized carbons (Fsp3) is 0.875. The number of likely N-dealkylation sites (N-methyl/N-ethyl adjacent to an activating group) is 1. The number of carboxylic acid groups (broad SMARTS) is 1. The van der Waals surface area contributed by atoms with E-state index < -0.39 is 24.6 Å². The minimum absolute atomic E-state index is 0.0718. The lowest BCUT2D eigenvalue weighted by atomic mass is 10.2. The Labute approximate surface area is 80.5 Å². The number of nitrogens with zero attached hydrogens (tertiary/aromatic N) is 1. The highest BCUT2D eigenvalue weighted by Crippen LogP contribution is 2.21. The fourth-order valence-corrected chi connectivity index (χ4v) is 0.911. The first kappa shape index (κ1) is 13.2. The third kappa shape index (κ3) is 5.80. The van der Waals surface area contributed by atoms with Crippen LogP contribution in [-0.2, 0) is 4.79 Å². The summed E-state index contributed by atoms with van der Waals surface area (Å²) in [5, 5.41) is 8.55. The van der Waals surface area contributed by atoms with Gasteiger partial charge >= 0.3 is 12.1 Å². The normalized spacial score (nSPS) is 14.4. The maximum absolute atomic E-state index is 11.7. The molecule has 1 atom stereocenters. The second-order valence-electron chi connectivity index (χ2n) is 3.21. The van der Waals surface area contributed by atoms with Gasteiger partial charge in [-0.15, -0.1) is 0 Å². The van der Waals surface area contributed by atoms with Crippen LogP contribution in [-0.4, -0.2) is 41.8 Å². The van der Waals surface area contributed by atoms with Gasteiger partial charge in [-0.3, -0.25) is 9.69 Å². The van der Waals surface area contributed by atoms with E-state index in [4.69, 9.17) is 5.11 Å². The Balaban J connectivity index is 3.75. The van der Waals surface area contributed by atoms with E-state index in [0.29, 0.717) is 0 Å². The van der Waals surface area contributed by atoms with Gasteiger partial charge in [0.2, 0.25) is 0 Å². The molecule has 0 rings (SSSR count). The maximum Gasteiger partial charge on any atom is 0.389 e. The van der Waals surface area contributed by atoms with Crippen LogP contribution in [0, 0.1) is 0 Å². The number of rotatable bonds is 5. The molecule has 0 spiro atoms. The summed E-state index contributed by atoms with van der Waals surface area (Å²) in [7, 11) is 1.50. The molecule has 0 saturated heterocycles. The zero-order valence-corrected chi connectivity index (χ0v) is 8.14. The predicted octanol–water partition coefficient (Wildman–Crippen LogP) is 1.73. The third-order valence-electron chi connectivity index (χ3n) is 1.99. The number of hydrogen-bond acceptors (Lipinski definition) is 2. The molecule has 0 aliphatic rings. The molecule has 0 aromatic heterocycles. The van der Waals surface area contributed by atoms with Gasteiger partial charge in [0.25, 0.3) is 0 Å². The van der Waals surface area contributed by atoms with E-state index in [1.54, 1.807) is 0 Å². The first-order chi connectivity index (χ1) is 6.24. The quantitative estimate of drug-likeness (QED) is 0.756. The van der Waals surface area contributed by atoms with Crippen LogP contribution in [0.1, 0.15) is 19.8 Å². The van der Waals surface area contributed by atoms with Crippen molar-refractivity contribution >= 4 is 5.97 Å². The van der Waals surface area contributed by atoms with E-state index in [2.05, 4.69) is 0 Å². The zero-order chi connectivity index (χ0) is 11.4. The lowest BCUT2D eigenvalue weighted by Gasteiger charge is -2.21. The third-order valence-corrected chi connectivity index (χ3v) is 1.99. The Morgan fingerprint density at radius 2 is 2.00 bits per heavy atom. The number of carbonyl (C=O) groups is 1. The highest BCUT2D eigenvalue weighted by Gasteiger charge is 2.27. The van der Waals surface area contributed by atoms with E-state index in [-0.39, 0.29) is 13.0 Å². The Hall–Kier alpha value is -0.780. The second-order valence-corrected chi connectivity index (χ2v) is 3.21. The molecular weight excluding hydrogens is 199 g/mol. The summed E-state index contributed by atoms with van der Waals surface area (Å²) in [6, 6.07) is -0.747. The summed E-state index contributed by atoms with van der Waals surface area (Å²) in [5.41, 5.74) is 0. The highest BCUT2D eigenvalue weighted by atomic mass is 19.4. The molecule has 1 N–H and O–H groups in total. The predicted molar refractivity (Wildman–Crippen MR) is 45.0 cm³/mol. The van der Waals surface area contributed by atoms with E-state index in [1.165, 1.54) is 18.9 Å². The lowest BCUT2D eigenvalue weighted by Crippen LogP contribution is -2.36. The van der Waals surface area contributed by atoms with E-state index in [1.807, 2.05) is 0 Å². The van der Waals surface area contributed by atoms with E-state index >= 15 is 0 Å². The number of alkyl halides is 3. The van der Waals surface area contributed by atoms with Gasteiger partial charge < -0.3 is 5.11 Å². The smallest absolute Gasteiger partial charge is 0.389 e. The highest BCUT2D eigenvalue weighted by molar-refractivity contribution is 5.72. The lowest BCUT2D eigenvalue weighted by molar-refractivity contribution is -0.143. The number of hydrogen-bond donors (Lipinski definition) is 1. The molecular formula is C8H14F3NO2. The van der Waals surface area contributed by atoms with Crippen LogP contribution in [0.3, 0.4) is 0 Å². The molecule has 3 nitrogen and oxygen atoms in total. The summed E-state index contributed by atoms with van der Waals surface area (Å²) in [4.78, 5) is 11.8. The molecule has 0 saturated carbocycles. The molecule has 6 heteroatoms. The Bertz CT molecular complexity index is 194. The topological polar surface area (TPSA) is 40.5 Å². The summed E-state index contributed by atoms with van der Waals surface area (Å²) in [6.07, 6.45) is -5.10. The average molecular weight is 213 g/mol. The Morgan fingerprint density at radius 1 is 1.50 bits per heavy atom. The van der Waals surface area contributed by atoms with Crippen molar-refractivity contribution in [2.45, 2.75) is 32.0 Å². The van der Waals surface area contributed by atoms with Gasteiger partial charge in [-0.05, 0) is 26.9 Å². The maximum atomic E-state index is 11.7. The molecule has 0 aromatic carbocycles. The minimum atomic E-state index is -4.16. The Kier molecular flexibility index (Phi) is 4.90. The monoisotopic (exact) mass is 213 g/mol. The zero-order valence-electron chi connectivity index (χ0n) is 8.14. The van der Waals surface area contributed by atoms with Crippen molar-refractivity contribution in [2.24, 2.45) is 0 Å². The minimum Gasteiger partial charge on any atom is -0.480 e. The standard InChI is InChI=1S/C8H14F3NO2/c1-6(7(13)14)12(2)5-3-4-8(9,10)11/h6H,3-5H2,1-2H3,(H,13,14). The number of halogens is 3. The molecule has 0 heterocycles. The Morgan fingerprint density at radius 3 is 2.36 bits per heavy atom. The molecule has 0 bridgehead atoms. The van der Waals surface area contributed by atoms with Gasteiger partial charge in [-0.25, -0.2) is 0 Å². The molecule has 0 radical (unpaired) electrons. The van der Waals surface area contributed by atoms with Crippen molar-refractivity contribution in [1.29, 1.82) is 0 Å². The SMILES string of the molecule is CC(C(=O)O)N(C)CCCC(F)(F)F. The molecule has 0 aliphatic heterocycles. The molecule has 0 fully saturated rings. The van der Waals surface area contributed by atoms with Gasteiger partial charge in [0.1, 0.15) is 6.04 Å². The fourth-order valence-electron chi connectivity index (χ4n) is 0.911. The van der Waals surface area contributed by atoms with Crippen molar-refractivity contribution in [3.63, 3.8) is 0 Å². The van der Waals surface area contributed by atoms with E-state index in [9.17, 15) is 18.0 Å². The first-order valence-electron chi connectivity index (χ1n) is 4.24. The molecule has 0 aromatic rings. The van der Waals surface area contributed by atoms with Crippen molar-refractivity contribution < 1.29 is 23.1 Å². The van der Waals surface area contributed by atoms with Gasteiger partial charge in [0.05, 0.1) is 0 Å². The summed E-state index contributed by atoms with van der Waals surface area (Å²) >= 11 is 0. The van der Waals surface area contributed by atoms with Crippen LogP contribution in [0.25, 0.3) is 0 Å². The molecule has 14 heavy (non-hydrogen) atoms. The van der Waals surface area contributed by atoms with Crippen LogP contribution in [0.4, 0.5) is 13.2 Å². The van der Waals surface area contributed by atoms with Gasteiger partial charge in [-0.1, -0.05) is 0 Å². The number of carboxylic acids is 1. The van der Waals surface area contributed by atoms with Crippen molar-refractivity contribution in [3.05, 3.63) is 0 Å². The van der Waals surface area contributed by atoms with Crippen LogP contribution in [0.15, 0.2) is 0 Å². The van der Waals surface area contributed by atoms with Crippen molar-refractivity contribution in [3.8, 4) is 0 Å². The summed E-state index contributed by atoms with van der Waals surface area (Å²) in [6.45, 7) is 1.57. The van der Waals surface area contributed by atoms with Gasteiger partial charge in [0.15, 0.2) is 0 Å². The van der Waals surface area contributed by atoms with Crippen LogP contribution < -0.4 is 0 Å². The van der Waals surface area contributed by atoms with Crippen LogP contribution in [0.5, 0.6) is 0 Å². The molecule has 0 aliphatic carbocycles. The first-order valence-corrected chi connectivity index (χ1v) is 4.24. The largest absolute Gasteiger partial charge is 0.480 e. The van der Waals surface area contributed by atoms with E-state index in [0.717, 1.165) is 0 Å². The second kappa shape index (κ2) is 5.19. The van der Waals surface area contributed by atoms with Gasteiger partial charge in [0, 0.05) is 6.42 Å². The molecule has 0 amide bonds. The summed E-state index contributed by atoms with van der Waals surface area (Å²) < 4.78 is 35.2. The number of aliphatic carboxylic acids is 1. The van der Waals surface area contributed by atoms with Crippen LogP contribution in [0.2, 0.25) is 0 Å². The van der Waals surface area contributed by atoms with Gasteiger partial charge in [-0.2, -0.15) is 13.2 Å². The summed E-state index contributed by atoms with van der Waals surface area (Å²) in [5.74, 6) is -1.03. The average Bonchev–Trinajstić information content (AvgIpc) is 2.00. The van der Waals surface area contributed by atoms with Crippen molar-refractivity contribution in [1.82, 2.24) is 4.90 Å².